The molecule has 2 aromatic carbocycles. The van der Waals surface area contributed by atoms with Crippen LogP contribution in [0.2, 0.25) is 0 Å². The average molecular weight is 318 g/mol. The fourth-order valence-electron chi connectivity index (χ4n) is 2.45. The van der Waals surface area contributed by atoms with E-state index in [1.807, 2.05) is 30.5 Å². The van der Waals surface area contributed by atoms with E-state index in [2.05, 4.69) is 10.3 Å². The number of fused-ring (bicyclic) bond motifs is 1. The molecule has 2 N–H and O–H groups in total. The zero-order valence-corrected chi connectivity index (χ0v) is 12.0. The minimum Gasteiger partial charge on any atom is -0.361 e. The first-order valence-electron chi connectivity index (χ1n) is 7.04. The molecule has 118 valence electrons. The number of amides is 1. The van der Waals surface area contributed by atoms with Crippen LogP contribution in [0.5, 0.6) is 0 Å². The fourth-order valence-corrected chi connectivity index (χ4v) is 2.45. The Balaban J connectivity index is 1.67. The molecule has 6 heteroatoms. The molecule has 1 amide bonds. The molecule has 0 saturated carbocycles. The molecular formula is C17H13F3N2O. The summed E-state index contributed by atoms with van der Waals surface area (Å²) in [5, 5.41) is 3.55. The van der Waals surface area contributed by atoms with E-state index < -0.39 is 28.9 Å². The molecule has 0 saturated heterocycles. The lowest BCUT2D eigenvalue weighted by atomic mass is 10.1. The van der Waals surface area contributed by atoms with Crippen molar-refractivity contribution in [3.05, 3.63) is 71.2 Å². The number of hydrogen-bond acceptors (Lipinski definition) is 1. The topological polar surface area (TPSA) is 44.9 Å². The van der Waals surface area contributed by atoms with E-state index in [4.69, 9.17) is 0 Å². The van der Waals surface area contributed by atoms with Gasteiger partial charge in [0, 0.05) is 23.6 Å². The summed E-state index contributed by atoms with van der Waals surface area (Å²) in [6.07, 6.45) is 2.37. The summed E-state index contributed by atoms with van der Waals surface area (Å²) in [7, 11) is 0. The van der Waals surface area contributed by atoms with Gasteiger partial charge in [-0.25, -0.2) is 13.2 Å². The van der Waals surface area contributed by atoms with Crippen LogP contribution in [0.3, 0.4) is 0 Å². The second-order valence-corrected chi connectivity index (χ2v) is 5.09. The van der Waals surface area contributed by atoms with Gasteiger partial charge in [0.2, 0.25) is 0 Å². The van der Waals surface area contributed by atoms with Crippen molar-refractivity contribution in [1.29, 1.82) is 0 Å². The number of nitrogens with one attached hydrogen (secondary N) is 2. The van der Waals surface area contributed by atoms with Crippen LogP contribution in [0.15, 0.2) is 42.6 Å². The summed E-state index contributed by atoms with van der Waals surface area (Å²) in [5.74, 6) is -5.22. The number of aromatic nitrogens is 1. The molecule has 3 nitrogen and oxygen atoms in total. The highest BCUT2D eigenvalue weighted by Crippen LogP contribution is 2.18. The van der Waals surface area contributed by atoms with E-state index in [0.29, 0.717) is 6.42 Å². The van der Waals surface area contributed by atoms with Crippen molar-refractivity contribution in [1.82, 2.24) is 10.3 Å². The van der Waals surface area contributed by atoms with Crippen LogP contribution < -0.4 is 5.32 Å². The van der Waals surface area contributed by atoms with E-state index in [1.54, 1.807) is 0 Å². The molecule has 1 aromatic heterocycles. The largest absolute Gasteiger partial charge is 0.361 e. The van der Waals surface area contributed by atoms with E-state index >= 15 is 0 Å². The lowest BCUT2D eigenvalue weighted by Gasteiger charge is -2.06. The van der Waals surface area contributed by atoms with Gasteiger partial charge in [-0.05, 0) is 30.2 Å². The van der Waals surface area contributed by atoms with Gasteiger partial charge >= 0.3 is 0 Å². The maximum atomic E-state index is 13.5. The minimum absolute atomic E-state index is 0.249. The van der Waals surface area contributed by atoms with Crippen LogP contribution >= 0.6 is 0 Å². The molecular weight excluding hydrogens is 305 g/mol. The standard InChI is InChI=1S/C17H13F3N2O/c18-13-6-5-12(15(19)16(13)20)17(23)21-8-7-10-9-22-14-4-2-1-3-11(10)14/h1-6,9,22H,7-8H2,(H,21,23). The van der Waals surface area contributed by atoms with E-state index in [-0.39, 0.29) is 6.54 Å². The van der Waals surface area contributed by atoms with Gasteiger partial charge < -0.3 is 10.3 Å². The third-order valence-corrected chi connectivity index (χ3v) is 3.63. The Morgan fingerprint density at radius 1 is 1.04 bits per heavy atom. The van der Waals surface area contributed by atoms with Crippen molar-refractivity contribution in [3.63, 3.8) is 0 Å². The van der Waals surface area contributed by atoms with Crippen molar-refractivity contribution >= 4 is 16.8 Å². The number of carbonyl (C=O) groups is 1. The number of halogens is 3. The van der Waals surface area contributed by atoms with Gasteiger partial charge in [-0.2, -0.15) is 0 Å². The highest BCUT2D eigenvalue weighted by atomic mass is 19.2. The Bertz CT molecular complexity index is 873. The van der Waals surface area contributed by atoms with Gasteiger partial charge in [0.25, 0.3) is 5.91 Å². The highest BCUT2D eigenvalue weighted by molar-refractivity contribution is 5.94. The molecule has 23 heavy (non-hydrogen) atoms. The Morgan fingerprint density at radius 3 is 2.65 bits per heavy atom. The molecule has 0 bridgehead atoms. The smallest absolute Gasteiger partial charge is 0.254 e. The summed E-state index contributed by atoms with van der Waals surface area (Å²) in [4.78, 5) is 15.0. The van der Waals surface area contributed by atoms with Gasteiger partial charge in [-0.15, -0.1) is 0 Å². The van der Waals surface area contributed by atoms with E-state index in [9.17, 15) is 18.0 Å². The number of carbonyl (C=O) groups excluding carboxylic acids is 1. The van der Waals surface area contributed by atoms with Crippen molar-refractivity contribution in [2.75, 3.05) is 6.54 Å². The van der Waals surface area contributed by atoms with Gasteiger partial charge in [-0.3, -0.25) is 4.79 Å². The van der Waals surface area contributed by atoms with Crippen LogP contribution in [0.4, 0.5) is 13.2 Å². The first-order chi connectivity index (χ1) is 11.1. The summed E-state index contributed by atoms with van der Waals surface area (Å²) in [5.41, 5.74) is 1.48. The van der Waals surface area contributed by atoms with E-state index in [0.717, 1.165) is 28.6 Å². The highest BCUT2D eigenvalue weighted by Gasteiger charge is 2.18. The molecule has 0 spiro atoms. The maximum Gasteiger partial charge on any atom is 0.254 e. The van der Waals surface area contributed by atoms with Gasteiger partial charge in [0.05, 0.1) is 5.56 Å². The Labute approximate surface area is 130 Å². The predicted molar refractivity (Wildman–Crippen MR) is 80.7 cm³/mol. The average Bonchev–Trinajstić information content (AvgIpc) is 2.96. The molecule has 0 unspecified atom stereocenters. The molecule has 0 atom stereocenters. The number of H-pyrrole nitrogens is 1. The normalized spacial score (nSPS) is 10.9. The third-order valence-electron chi connectivity index (χ3n) is 3.63. The molecule has 0 aliphatic carbocycles. The number of hydrogen-bond donors (Lipinski definition) is 2. The number of rotatable bonds is 4. The quantitative estimate of drug-likeness (QED) is 0.710. The maximum absolute atomic E-state index is 13.5. The Hall–Kier alpha value is -2.76. The van der Waals surface area contributed by atoms with Crippen molar-refractivity contribution in [2.24, 2.45) is 0 Å². The molecule has 3 rings (SSSR count). The molecule has 3 aromatic rings. The first kappa shape index (κ1) is 15.1. The van der Waals surface area contributed by atoms with Crippen molar-refractivity contribution in [2.45, 2.75) is 6.42 Å². The third kappa shape index (κ3) is 2.92. The molecule has 0 fully saturated rings. The summed E-state index contributed by atoms with van der Waals surface area (Å²) in [6.45, 7) is 0.249. The molecule has 1 heterocycles. The Kier molecular flexibility index (Phi) is 4.06. The van der Waals surface area contributed by atoms with Gasteiger partial charge in [0.1, 0.15) is 0 Å². The molecule has 0 radical (unpaired) electrons. The van der Waals surface area contributed by atoms with Crippen LogP contribution in [0, 0.1) is 17.5 Å². The van der Waals surface area contributed by atoms with Crippen LogP contribution in [-0.2, 0) is 6.42 Å². The molecule has 0 aliphatic rings. The zero-order chi connectivity index (χ0) is 16.4. The minimum atomic E-state index is -1.64. The van der Waals surface area contributed by atoms with Crippen LogP contribution in [-0.4, -0.2) is 17.4 Å². The first-order valence-corrected chi connectivity index (χ1v) is 7.04. The van der Waals surface area contributed by atoms with E-state index in [1.165, 1.54) is 0 Å². The lowest BCUT2D eigenvalue weighted by molar-refractivity contribution is 0.0949. The Morgan fingerprint density at radius 2 is 1.83 bits per heavy atom. The van der Waals surface area contributed by atoms with Crippen molar-refractivity contribution in [3.8, 4) is 0 Å². The predicted octanol–water partition coefficient (Wildman–Crippen LogP) is 3.56. The monoisotopic (exact) mass is 318 g/mol. The molecule has 0 aliphatic heterocycles. The lowest BCUT2D eigenvalue weighted by Crippen LogP contribution is -2.27. The SMILES string of the molecule is O=C(NCCc1c[nH]c2ccccc12)c1ccc(F)c(F)c1F. The summed E-state index contributed by atoms with van der Waals surface area (Å²) < 4.78 is 39.5. The summed E-state index contributed by atoms with van der Waals surface area (Å²) >= 11 is 0. The number of benzene rings is 2. The fraction of sp³-hybridized carbons (Fsp3) is 0.118. The second-order valence-electron chi connectivity index (χ2n) is 5.09. The second kappa shape index (κ2) is 6.16. The number of aromatic amines is 1. The van der Waals surface area contributed by atoms with Crippen LogP contribution in [0.1, 0.15) is 15.9 Å². The summed E-state index contributed by atoms with van der Waals surface area (Å²) in [6, 6.07) is 9.37. The zero-order valence-electron chi connectivity index (χ0n) is 12.0. The van der Waals surface area contributed by atoms with Crippen molar-refractivity contribution < 1.29 is 18.0 Å². The van der Waals surface area contributed by atoms with Gasteiger partial charge in [-0.1, -0.05) is 18.2 Å². The number of para-hydroxylation sites is 1. The van der Waals surface area contributed by atoms with Gasteiger partial charge in [0.15, 0.2) is 17.5 Å². The van der Waals surface area contributed by atoms with Crippen LogP contribution in [0.25, 0.3) is 10.9 Å².